The number of anilines is 2. The van der Waals surface area contributed by atoms with Crippen molar-refractivity contribution in [2.75, 3.05) is 11.1 Å². The van der Waals surface area contributed by atoms with Crippen molar-refractivity contribution in [1.82, 2.24) is 15.2 Å². The van der Waals surface area contributed by atoms with E-state index in [1.165, 1.54) is 0 Å². The highest BCUT2D eigenvalue weighted by Crippen LogP contribution is 2.13. The van der Waals surface area contributed by atoms with Gasteiger partial charge in [-0.25, -0.2) is 0 Å². The molecule has 0 saturated carbocycles. The van der Waals surface area contributed by atoms with E-state index in [4.69, 9.17) is 5.73 Å². The molecule has 0 saturated heterocycles. The Balaban J connectivity index is 2.17. The highest BCUT2D eigenvalue weighted by molar-refractivity contribution is 6.02. The number of nitrogen functional groups attached to an aromatic ring is 1. The molecule has 2 rings (SSSR count). The van der Waals surface area contributed by atoms with Gasteiger partial charge in [-0.1, -0.05) is 18.2 Å². The molecule has 0 spiro atoms. The summed E-state index contributed by atoms with van der Waals surface area (Å²) < 4.78 is 0. The number of nitrogens with zero attached hydrogens (tertiary/aromatic N) is 2. The van der Waals surface area contributed by atoms with E-state index < -0.39 is 0 Å². The fourth-order valence-corrected chi connectivity index (χ4v) is 1.27. The first-order valence-electron chi connectivity index (χ1n) is 4.71. The van der Waals surface area contributed by atoms with Crippen molar-refractivity contribution in [3.05, 3.63) is 35.7 Å². The molecule has 0 aliphatic rings. The van der Waals surface area contributed by atoms with Crippen LogP contribution in [0.2, 0.25) is 0 Å². The van der Waals surface area contributed by atoms with E-state index in [2.05, 4.69) is 20.5 Å². The third-order valence-electron chi connectivity index (χ3n) is 2.11. The van der Waals surface area contributed by atoms with Gasteiger partial charge in [0.15, 0.2) is 0 Å². The Morgan fingerprint density at radius 1 is 1.44 bits per heavy atom. The fraction of sp³-hybridized carbons (Fsp3) is 0.100. The van der Waals surface area contributed by atoms with E-state index in [1.54, 1.807) is 0 Å². The minimum Gasteiger partial charge on any atom is -0.366 e. The van der Waals surface area contributed by atoms with Gasteiger partial charge in [-0.15, -0.1) is 5.10 Å². The van der Waals surface area contributed by atoms with Gasteiger partial charge in [-0.05, 0) is 18.6 Å². The number of aromatic nitrogens is 3. The number of nitrogens with one attached hydrogen (secondary N) is 2. The van der Waals surface area contributed by atoms with Gasteiger partial charge in [-0.2, -0.15) is 4.98 Å². The molecular weight excluding hydrogens is 206 g/mol. The van der Waals surface area contributed by atoms with Crippen LogP contribution in [0, 0.1) is 6.92 Å². The van der Waals surface area contributed by atoms with Crippen molar-refractivity contribution in [3.63, 3.8) is 0 Å². The number of hydrogen-bond donors (Lipinski definition) is 3. The lowest BCUT2D eigenvalue weighted by atomic mass is 10.2. The number of carbonyl (C=O) groups excluding carboxylic acids is 1. The molecule has 0 aliphatic carbocycles. The SMILES string of the molecule is Cc1ccccc1NC(=O)c1nc(N)n[nH]1. The van der Waals surface area contributed by atoms with Gasteiger partial charge in [0.2, 0.25) is 11.8 Å². The number of carbonyl (C=O) groups is 1. The number of rotatable bonds is 2. The van der Waals surface area contributed by atoms with Crippen LogP contribution < -0.4 is 11.1 Å². The second-order valence-electron chi connectivity index (χ2n) is 3.31. The number of nitrogens with two attached hydrogens (primary N) is 1. The van der Waals surface area contributed by atoms with Crippen LogP contribution in [0.25, 0.3) is 0 Å². The Kier molecular flexibility index (Phi) is 2.55. The molecule has 0 fully saturated rings. The highest BCUT2D eigenvalue weighted by Gasteiger charge is 2.11. The van der Waals surface area contributed by atoms with Crippen LogP contribution in [0.4, 0.5) is 11.6 Å². The molecule has 0 unspecified atom stereocenters. The predicted octanol–water partition coefficient (Wildman–Crippen LogP) is 0.948. The van der Waals surface area contributed by atoms with Crippen LogP contribution in [0.1, 0.15) is 16.2 Å². The van der Waals surface area contributed by atoms with Crippen molar-refractivity contribution in [3.8, 4) is 0 Å². The summed E-state index contributed by atoms with van der Waals surface area (Å²) >= 11 is 0. The van der Waals surface area contributed by atoms with E-state index in [0.717, 1.165) is 11.3 Å². The Hall–Kier alpha value is -2.37. The number of para-hydroxylation sites is 1. The number of aryl methyl sites for hydroxylation is 1. The highest BCUT2D eigenvalue weighted by atomic mass is 16.2. The Labute approximate surface area is 91.9 Å². The van der Waals surface area contributed by atoms with Crippen molar-refractivity contribution in [2.24, 2.45) is 0 Å². The Morgan fingerprint density at radius 2 is 2.19 bits per heavy atom. The van der Waals surface area contributed by atoms with E-state index >= 15 is 0 Å². The first-order chi connectivity index (χ1) is 7.66. The molecule has 0 aliphatic heterocycles. The molecule has 1 heterocycles. The number of H-pyrrole nitrogens is 1. The van der Waals surface area contributed by atoms with Gasteiger partial charge in [-0.3, -0.25) is 9.89 Å². The molecule has 0 bridgehead atoms. The number of hydrogen-bond acceptors (Lipinski definition) is 4. The molecule has 2 aromatic rings. The average Bonchev–Trinajstić information content (AvgIpc) is 2.68. The molecule has 82 valence electrons. The first-order valence-corrected chi connectivity index (χ1v) is 4.71. The average molecular weight is 217 g/mol. The maximum atomic E-state index is 11.7. The zero-order chi connectivity index (χ0) is 11.5. The molecule has 16 heavy (non-hydrogen) atoms. The van der Waals surface area contributed by atoms with Crippen LogP contribution in [0.15, 0.2) is 24.3 Å². The number of amides is 1. The Morgan fingerprint density at radius 3 is 2.81 bits per heavy atom. The van der Waals surface area contributed by atoms with Crippen LogP contribution in [-0.4, -0.2) is 21.1 Å². The minimum atomic E-state index is -0.362. The van der Waals surface area contributed by atoms with E-state index in [9.17, 15) is 4.79 Å². The normalized spacial score (nSPS) is 10.1. The van der Waals surface area contributed by atoms with Crippen LogP contribution in [-0.2, 0) is 0 Å². The minimum absolute atomic E-state index is 0.0509. The van der Waals surface area contributed by atoms with Crippen molar-refractivity contribution in [1.29, 1.82) is 0 Å². The summed E-state index contributed by atoms with van der Waals surface area (Å²) in [6.45, 7) is 1.91. The lowest BCUT2D eigenvalue weighted by Crippen LogP contribution is -2.14. The molecule has 1 aromatic heterocycles. The van der Waals surface area contributed by atoms with Crippen LogP contribution >= 0.6 is 0 Å². The molecule has 4 N–H and O–H groups in total. The zero-order valence-corrected chi connectivity index (χ0v) is 8.69. The summed E-state index contributed by atoms with van der Waals surface area (Å²) in [4.78, 5) is 15.4. The van der Waals surface area contributed by atoms with Crippen molar-refractivity contribution < 1.29 is 4.79 Å². The molecule has 1 amide bonds. The summed E-state index contributed by atoms with van der Waals surface area (Å²) in [6, 6.07) is 7.46. The summed E-state index contributed by atoms with van der Waals surface area (Å²) in [6.07, 6.45) is 0. The lowest BCUT2D eigenvalue weighted by molar-refractivity contribution is 0.101. The maximum absolute atomic E-state index is 11.7. The number of aromatic amines is 1. The Bertz CT molecular complexity index is 519. The van der Waals surface area contributed by atoms with Gasteiger partial charge in [0.05, 0.1) is 0 Å². The van der Waals surface area contributed by atoms with Gasteiger partial charge >= 0.3 is 0 Å². The van der Waals surface area contributed by atoms with Gasteiger partial charge in [0.25, 0.3) is 5.91 Å². The predicted molar refractivity (Wildman–Crippen MR) is 59.9 cm³/mol. The third kappa shape index (κ3) is 2.00. The smallest absolute Gasteiger partial charge is 0.293 e. The lowest BCUT2D eigenvalue weighted by Gasteiger charge is -2.05. The van der Waals surface area contributed by atoms with Crippen LogP contribution in [0.3, 0.4) is 0 Å². The second-order valence-corrected chi connectivity index (χ2v) is 3.31. The molecule has 6 nitrogen and oxygen atoms in total. The van der Waals surface area contributed by atoms with Gasteiger partial charge < -0.3 is 11.1 Å². The standard InChI is InChI=1S/C10H11N5O/c1-6-4-2-3-5-7(6)12-9(16)8-13-10(11)15-14-8/h2-5H,1H3,(H,12,16)(H3,11,13,14,15). The largest absolute Gasteiger partial charge is 0.366 e. The molecule has 6 heteroatoms. The topological polar surface area (TPSA) is 96.7 Å². The fourth-order valence-electron chi connectivity index (χ4n) is 1.27. The molecule has 0 atom stereocenters. The number of benzene rings is 1. The summed E-state index contributed by atoms with van der Waals surface area (Å²) in [5, 5.41) is 8.74. The van der Waals surface area contributed by atoms with Crippen molar-refractivity contribution in [2.45, 2.75) is 6.92 Å². The van der Waals surface area contributed by atoms with Crippen molar-refractivity contribution >= 4 is 17.5 Å². The van der Waals surface area contributed by atoms with Gasteiger partial charge in [0, 0.05) is 5.69 Å². The molecular formula is C10H11N5O. The summed E-state index contributed by atoms with van der Waals surface area (Å²) in [7, 11) is 0. The zero-order valence-electron chi connectivity index (χ0n) is 8.69. The quantitative estimate of drug-likeness (QED) is 0.697. The van der Waals surface area contributed by atoms with E-state index in [0.29, 0.717) is 0 Å². The summed E-state index contributed by atoms with van der Waals surface area (Å²) in [5.41, 5.74) is 7.02. The van der Waals surface area contributed by atoms with Gasteiger partial charge in [0.1, 0.15) is 0 Å². The van der Waals surface area contributed by atoms with E-state index in [1.807, 2.05) is 31.2 Å². The molecule has 0 radical (unpaired) electrons. The van der Waals surface area contributed by atoms with Crippen LogP contribution in [0.5, 0.6) is 0 Å². The second kappa shape index (κ2) is 4.01. The summed E-state index contributed by atoms with van der Waals surface area (Å²) in [5.74, 6) is -0.214. The maximum Gasteiger partial charge on any atom is 0.293 e. The first kappa shape index (κ1) is 10.2. The van der Waals surface area contributed by atoms with E-state index in [-0.39, 0.29) is 17.7 Å². The third-order valence-corrected chi connectivity index (χ3v) is 2.11. The molecule has 1 aromatic carbocycles. The monoisotopic (exact) mass is 217 g/mol.